The van der Waals surface area contributed by atoms with Crippen LogP contribution in [0.3, 0.4) is 0 Å². The summed E-state index contributed by atoms with van der Waals surface area (Å²) in [5, 5.41) is 1.19. The smallest absolute Gasteiger partial charge is 0.215 e. The fraction of sp³-hybridized carbons (Fsp3) is 0.462. The van der Waals surface area contributed by atoms with Crippen molar-refractivity contribution in [2.24, 2.45) is 4.99 Å². The van der Waals surface area contributed by atoms with Crippen LogP contribution in [0.25, 0.3) is 10.9 Å². The minimum Gasteiger partial charge on any atom is -0.476 e. The molecule has 0 unspecified atom stereocenters. The maximum atomic E-state index is 6.09. The molecule has 0 aliphatic carbocycles. The van der Waals surface area contributed by atoms with Crippen molar-refractivity contribution in [1.29, 1.82) is 0 Å². The average molecular weight is 464 g/mol. The Bertz CT molecular complexity index is 1120. The molecule has 8 nitrogen and oxygen atoms in total. The van der Waals surface area contributed by atoms with Gasteiger partial charge in [0.2, 0.25) is 5.88 Å². The van der Waals surface area contributed by atoms with Gasteiger partial charge in [0.05, 0.1) is 33.0 Å². The van der Waals surface area contributed by atoms with Gasteiger partial charge in [0, 0.05) is 67.7 Å². The molecule has 5 rings (SSSR count). The fourth-order valence-electron chi connectivity index (χ4n) is 4.39. The predicted molar refractivity (Wildman–Crippen MR) is 134 cm³/mol. The summed E-state index contributed by atoms with van der Waals surface area (Å²) in [4.78, 5) is 17.5. The van der Waals surface area contributed by atoms with Crippen LogP contribution in [-0.2, 0) is 16.0 Å². The van der Waals surface area contributed by atoms with Crippen LogP contribution in [0.2, 0.25) is 0 Å². The number of H-pyrrole nitrogens is 1. The Morgan fingerprint density at radius 1 is 1.06 bits per heavy atom. The highest BCUT2D eigenvalue weighted by Crippen LogP contribution is 2.22. The highest BCUT2D eigenvalue weighted by Gasteiger charge is 2.15. The standard InChI is InChI=1S/C26H33N5O3/c1-20-2-3-23-22(19-28-24(23)14-20)18-27-17-21-15-25(31-7-11-33-12-8-31)29-26(16-21)34-13-6-30-4-9-32-10-5-30/h2-3,14-16,18-19,28H,4-13,17H2,1H3. The van der Waals surface area contributed by atoms with E-state index in [1.165, 1.54) is 10.9 Å². The van der Waals surface area contributed by atoms with Crippen molar-refractivity contribution in [2.75, 3.05) is 70.7 Å². The molecule has 2 aromatic heterocycles. The quantitative estimate of drug-likeness (QED) is 0.518. The molecule has 0 amide bonds. The molecular formula is C26H33N5O3. The SMILES string of the molecule is Cc1ccc2c(C=NCc3cc(OCCN4CCOCC4)nc(N4CCOCC4)c3)c[nH]c2c1. The van der Waals surface area contributed by atoms with Crippen LogP contribution in [0.4, 0.5) is 5.82 Å². The zero-order chi connectivity index (χ0) is 23.2. The number of aromatic amines is 1. The summed E-state index contributed by atoms with van der Waals surface area (Å²) >= 11 is 0. The second-order valence-electron chi connectivity index (χ2n) is 8.84. The summed E-state index contributed by atoms with van der Waals surface area (Å²) in [6, 6.07) is 10.6. The van der Waals surface area contributed by atoms with E-state index in [1.807, 2.05) is 18.5 Å². The second-order valence-corrected chi connectivity index (χ2v) is 8.84. The van der Waals surface area contributed by atoms with Gasteiger partial charge < -0.3 is 24.1 Å². The van der Waals surface area contributed by atoms with E-state index in [4.69, 9.17) is 24.2 Å². The van der Waals surface area contributed by atoms with Gasteiger partial charge in [-0.3, -0.25) is 9.89 Å². The molecule has 0 atom stereocenters. The fourth-order valence-corrected chi connectivity index (χ4v) is 4.39. The van der Waals surface area contributed by atoms with E-state index in [2.05, 4.69) is 46.0 Å². The van der Waals surface area contributed by atoms with Crippen LogP contribution in [0.1, 0.15) is 16.7 Å². The molecule has 1 N–H and O–H groups in total. The Hall–Kier alpha value is -2.94. The maximum absolute atomic E-state index is 6.09. The number of rotatable bonds is 8. The molecule has 8 heteroatoms. The first-order valence-corrected chi connectivity index (χ1v) is 12.1. The molecule has 0 bridgehead atoms. The van der Waals surface area contributed by atoms with Crippen LogP contribution in [0.5, 0.6) is 5.88 Å². The minimum absolute atomic E-state index is 0.568. The number of aromatic nitrogens is 2. The normalized spacial score (nSPS) is 17.6. The first kappa shape index (κ1) is 22.8. The van der Waals surface area contributed by atoms with E-state index in [0.29, 0.717) is 19.0 Å². The van der Waals surface area contributed by atoms with E-state index in [-0.39, 0.29) is 0 Å². The zero-order valence-corrected chi connectivity index (χ0v) is 19.8. The number of hydrogen-bond acceptors (Lipinski definition) is 7. The van der Waals surface area contributed by atoms with E-state index in [1.54, 1.807) is 0 Å². The third-order valence-electron chi connectivity index (χ3n) is 6.32. The van der Waals surface area contributed by atoms with Gasteiger partial charge in [-0.1, -0.05) is 12.1 Å². The molecular weight excluding hydrogens is 430 g/mol. The van der Waals surface area contributed by atoms with Gasteiger partial charge >= 0.3 is 0 Å². The molecule has 4 heterocycles. The highest BCUT2D eigenvalue weighted by molar-refractivity contribution is 5.99. The van der Waals surface area contributed by atoms with Crippen molar-refractivity contribution in [1.82, 2.24) is 14.9 Å². The molecule has 34 heavy (non-hydrogen) atoms. The Morgan fingerprint density at radius 3 is 2.68 bits per heavy atom. The monoisotopic (exact) mass is 463 g/mol. The summed E-state index contributed by atoms with van der Waals surface area (Å²) < 4.78 is 17.0. The van der Waals surface area contributed by atoms with Gasteiger partial charge in [0.15, 0.2) is 0 Å². The van der Waals surface area contributed by atoms with Gasteiger partial charge in [-0.2, -0.15) is 4.98 Å². The third-order valence-corrected chi connectivity index (χ3v) is 6.32. The Kier molecular flexibility index (Phi) is 7.38. The van der Waals surface area contributed by atoms with Crippen molar-refractivity contribution < 1.29 is 14.2 Å². The van der Waals surface area contributed by atoms with Crippen molar-refractivity contribution in [2.45, 2.75) is 13.5 Å². The lowest BCUT2D eigenvalue weighted by molar-refractivity contribution is 0.0320. The summed E-state index contributed by atoms with van der Waals surface area (Å²) in [5.74, 6) is 1.59. The molecule has 2 aliphatic heterocycles. The Morgan fingerprint density at radius 2 is 1.85 bits per heavy atom. The lowest BCUT2D eigenvalue weighted by Crippen LogP contribution is -2.38. The minimum atomic E-state index is 0.568. The maximum Gasteiger partial charge on any atom is 0.215 e. The first-order chi connectivity index (χ1) is 16.7. The lowest BCUT2D eigenvalue weighted by Gasteiger charge is -2.28. The summed E-state index contributed by atoms with van der Waals surface area (Å²) in [5.41, 5.74) is 4.56. The van der Waals surface area contributed by atoms with Crippen molar-refractivity contribution in [3.63, 3.8) is 0 Å². The lowest BCUT2D eigenvalue weighted by atomic mass is 10.1. The Balaban J connectivity index is 1.29. The molecule has 0 saturated carbocycles. The number of benzene rings is 1. The van der Waals surface area contributed by atoms with E-state index in [0.717, 1.165) is 81.6 Å². The number of nitrogens with one attached hydrogen (secondary N) is 1. The number of aryl methyl sites for hydroxylation is 1. The summed E-state index contributed by atoms with van der Waals surface area (Å²) in [7, 11) is 0. The number of anilines is 1. The molecule has 2 saturated heterocycles. The molecule has 1 aromatic carbocycles. The number of hydrogen-bond donors (Lipinski definition) is 1. The first-order valence-electron chi connectivity index (χ1n) is 12.1. The van der Waals surface area contributed by atoms with Gasteiger partial charge in [0.25, 0.3) is 0 Å². The van der Waals surface area contributed by atoms with E-state index < -0.39 is 0 Å². The summed E-state index contributed by atoms with van der Waals surface area (Å²) in [6.07, 6.45) is 3.96. The van der Waals surface area contributed by atoms with Gasteiger partial charge in [0.1, 0.15) is 12.4 Å². The average Bonchev–Trinajstić information content (AvgIpc) is 3.27. The van der Waals surface area contributed by atoms with Crippen LogP contribution in [0.15, 0.2) is 41.5 Å². The number of morpholine rings is 2. The number of fused-ring (bicyclic) bond motifs is 1. The van der Waals surface area contributed by atoms with Crippen LogP contribution in [-0.4, -0.2) is 86.8 Å². The number of aliphatic imine (C=N–C) groups is 1. The number of ether oxygens (including phenoxy) is 3. The molecule has 2 fully saturated rings. The largest absolute Gasteiger partial charge is 0.476 e. The van der Waals surface area contributed by atoms with Crippen LogP contribution < -0.4 is 9.64 Å². The van der Waals surface area contributed by atoms with Crippen molar-refractivity contribution in [3.05, 3.63) is 53.2 Å². The topological polar surface area (TPSA) is 75.2 Å². The molecule has 0 spiro atoms. The van der Waals surface area contributed by atoms with Crippen LogP contribution in [0, 0.1) is 6.92 Å². The van der Waals surface area contributed by atoms with E-state index >= 15 is 0 Å². The van der Waals surface area contributed by atoms with Gasteiger partial charge in [-0.25, -0.2) is 0 Å². The van der Waals surface area contributed by atoms with Gasteiger partial charge in [-0.15, -0.1) is 0 Å². The summed E-state index contributed by atoms with van der Waals surface area (Å²) in [6.45, 7) is 10.8. The predicted octanol–water partition coefficient (Wildman–Crippen LogP) is 3.04. The number of pyridine rings is 1. The zero-order valence-electron chi connectivity index (χ0n) is 19.8. The molecule has 2 aliphatic rings. The molecule has 3 aromatic rings. The van der Waals surface area contributed by atoms with Gasteiger partial charge in [-0.05, 0) is 30.2 Å². The molecule has 180 valence electrons. The van der Waals surface area contributed by atoms with E-state index in [9.17, 15) is 0 Å². The Labute approximate surface area is 200 Å². The third kappa shape index (κ3) is 5.75. The van der Waals surface area contributed by atoms with Crippen LogP contribution >= 0.6 is 0 Å². The van der Waals surface area contributed by atoms with Crippen molar-refractivity contribution in [3.8, 4) is 5.88 Å². The highest BCUT2D eigenvalue weighted by atomic mass is 16.5. The second kappa shape index (κ2) is 11.0. The van der Waals surface area contributed by atoms with Crippen molar-refractivity contribution >= 4 is 22.9 Å². The molecule has 0 radical (unpaired) electrons. The number of nitrogens with zero attached hydrogens (tertiary/aromatic N) is 4.